The molecular weight excluding hydrogens is 432 g/mol. The number of aromatic nitrogens is 2. The summed E-state index contributed by atoms with van der Waals surface area (Å²) in [5.74, 6) is 0.107. The maximum Gasteiger partial charge on any atom is 0.248 e. The number of anilines is 1. The molecule has 5 nitrogen and oxygen atoms in total. The second-order valence-electron chi connectivity index (χ2n) is 9.37. The van der Waals surface area contributed by atoms with E-state index in [0.29, 0.717) is 0 Å². The van der Waals surface area contributed by atoms with Crippen LogP contribution in [0.4, 0.5) is 5.69 Å². The molecule has 0 saturated carbocycles. The Kier molecular flexibility index (Phi) is 6.77. The van der Waals surface area contributed by atoms with Gasteiger partial charge in [-0.25, -0.2) is 0 Å². The second-order valence-corrected chi connectivity index (χ2v) is 9.37. The highest BCUT2D eigenvalue weighted by Gasteiger charge is 2.29. The van der Waals surface area contributed by atoms with Crippen LogP contribution in [-0.4, -0.2) is 28.8 Å². The van der Waals surface area contributed by atoms with E-state index in [9.17, 15) is 4.79 Å². The topological polar surface area (TPSA) is 50.2 Å². The van der Waals surface area contributed by atoms with Gasteiger partial charge in [0, 0.05) is 37.6 Å². The van der Waals surface area contributed by atoms with Crippen molar-refractivity contribution in [1.29, 1.82) is 0 Å². The van der Waals surface area contributed by atoms with Gasteiger partial charge in [-0.15, -0.1) is 0 Å². The molecule has 0 saturated heterocycles. The summed E-state index contributed by atoms with van der Waals surface area (Å²) in [6.45, 7) is 3.57. The Bertz CT molecular complexity index is 1290. The van der Waals surface area contributed by atoms with Crippen molar-refractivity contribution in [1.82, 2.24) is 15.1 Å². The number of aryl methyl sites for hydroxylation is 3. The maximum atomic E-state index is 14.0. The molecule has 2 heterocycles. The third-order valence-electron chi connectivity index (χ3n) is 6.76. The van der Waals surface area contributed by atoms with E-state index in [-0.39, 0.29) is 11.9 Å². The lowest BCUT2D eigenvalue weighted by Crippen LogP contribution is -2.44. The highest BCUT2D eigenvalue weighted by Crippen LogP contribution is 2.33. The number of nitrogens with zero attached hydrogens (tertiary/aromatic N) is 3. The average Bonchev–Trinajstić information content (AvgIpc) is 3.33. The summed E-state index contributed by atoms with van der Waals surface area (Å²) in [7, 11) is 1.93. The first kappa shape index (κ1) is 23.1. The molecule has 1 atom stereocenters. The molecule has 3 aromatic carbocycles. The van der Waals surface area contributed by atoms with Crippen LogP contribution < -0.4 is 10.2 Å². The van der Waals surface area contributed by atoms with Gasteiger partial charge in [0.1, 0.15) is 6.04 Å². The average molecular weight is 465 g/mol. The van der Waals surface area contributed by atoms with Gasteiger partial charge in [0.2, 0.25) is 5.91 Å². The molecule has 0 aliphatic carbocycles. The van der Waals surface area contributed by atoms with Crippen LogP contribution in [0.25, 0.3) is 11.1 Å². The lowest BCUT2D eigenvalue weighted by atomic mass is 9.96. The lowest BCUT2D eigenvalue weighted by Gasteiger charge is -2.33. The number of hydrogen-bond acceptors (Lipinski definition) is 3. The number of rotatable bonds is 7. The van der Waals surface area contributed by atoms with Crippen molar-refractivity contribution in [2.75, 3.05) is 18.0 Å². The molecule has 0 fully saturated rings. The van der Waals surface area contributed by atoms with Crippen LogP contribution in [0, 0.1) is 6.92 Å². The summed E-state index contributed by atoms with van der Waals surface area (Å²) < 4.78 is 1.82. The Balaban J connectivity index is 1.37. The zero-order valence-electron chi connectivity index (χ0n) is 20.4. The highest BCUT2D eigenvalue weighted by atomic mass is 16.2. The van der Waals surface area contributed by atoms with Crippen LogP contribution in [0.2, 0.25) is 0 Å². The summed E-state index contributed by atoms with van der Waals surface area (Å²) in [6, 6.07) is 24.7. The van der Waals surface area contributed by atoms with Gasteiger partial charge in [0.05, 0.1) is 6.20 Å². The first-order valence-electron chi connectivity index (χ1n) is 12.4. The number of carbonyl (C=O) groups is 1. The van der Waals surface area contributed by atoms with Gasteiger partial charge in [0.15, 0.2) is 0 Å². The van der Waals surface area contributed by atoms with E-state index >= 15 is 0 Å². The normalized spacial score (nSPS) is 13.9. The molecule has 35 heavy (non-hydrogen) atoms. The molecule has 5 heteroatoms. The van der Waals surface area contributed by atoms with Crippen molar-refractivity contribution in [3.05, 3.63) is 107 Å². The van der Waals surface area contributed by atoms with Gasteiger partial charge < -0.3 is 10.2 Å². The van der Waals surface area contributed by atoms with E-state index in [0.717, 1.165) is 54.7 Å². The number of hydrogen-bond donors (Lipinski definition) is 1. The largest absolute Gasteiger partial charge is 0.310 e. The van der Waals surface area contributed by atoms with Gasteiger partial charge in [0.25, 0.3) is 0 Å². The first-order chi connectivity index (χ1) is 17.1. The lowest BCUT2D eigenvalue weighted by molar-refractivity contribution is -0.120. The summed E-state index contributed by atoms with van der Waals surface area (Å²) in [6.07, 6.45) is 6.72. The maximum absolute atomic E-state index is 14.0. The van der Waals surface area contributed by atoms with E-state index < -0.39 is 0 Å². The van der Waals surface area contributed by atoms with E-state index in [1.165, 1.54) is 16.7 Å². The van der Waals surface area contributed by atoms with Crippen LogP contribution in [0.1, 0.15) is 34.7 Å². The Morgan fingerprint density at radius 3 is 2.57 bits per heavy atom. The summed E-state index contributed by atoms with van der Waals surface area (Å²) >= 11 is 0. The number of carbonyl (C=O) groups excluding carboxylic acids is 1. The summed E-state index contributed by atoms with van der Waals surface area (Å²) in [5, 5.41) is 7.87. The fraction of sp³-hybridized carbons (Fsp3) is 0.267. The molecule has 1 amide bonds. The van der Waals surface area contributed by atoms with Gasteiger partial charge in [-0.05, 0) is 60.6 Å². The molecule has 0 bridgehead atoms. The molecule has 4 aromatic rings. The van der Waals surface area contributed by atoms with Gasteiger partial charge in [-0.2, -0.15) is 5.10 Å². The molecule has 1 aromatic heterocycles. The summed E-state index contributed by atoms with van der Waals surface area (Å²) in [5.41, 5.74) is 8.01. The third-order valence-corrected chi connectivity index (χ3v) is 6.76. The minimum absolute atomic E-state index is 0.107. The predicted molar refractivity (Wildman–Crippen MR) is 141 cm³/mol. The van der Waals surface area contributed by atoms with Crippen LogP contribution in [0.15, 0.2) is 85.2 Å². The number of nitrogens with one attached hydrogen (secondary N) is 1. The zero-order valence-corrected chi connectivity index (χ0v) is 20.4. The van der Waals surface area contributed by atoms with Gasteiger partial charge in [-0.1, -0.05) is 66.2 Å². The van der Waals surface area contributed by atoms with Crippen LogP contribution >= 0.6 is 0 Å². The molecular formula is C30H32N4O. The Morgan fingerprint density at radius 2 is 1.83 bits per heavy atom. The van der Waals surface area contributed by atoms with Crippen LogP contribution in [0.5, 0.6) is 0 Å². The molecule has 1 N–H and O–H groups in total. The molecule has 178 valence electrons. The number of amides is 1. The summed E-state index contributed by atoms with van der Waals surface area (Å²) in [4.78, 5) is 15.9. The van der Waals surface area contributed by atoms with E-state index in [2.05, 4.69) is 59.8 Å². The van der Waals surface area contributed by atoms with Gasteiger partial charge in [-0.3, -0.25) is 9.48 Å². The molecule has 1 aliphatic heterocycles. The Hall–Kier alpha value is -3.70. The van der Waals surface area contributed by atoms with E-state index in [1.54, 1.807) is 0 Å². The molecule has 1 aliphatic rings. The van der Waals surface area contributed by atoms with Crippen molar-refractivity contribution in [2.24, 2.45) is 7.05 Å². The third kappa shape index (κ3) is 5.20. The van der Waals surface area contributed by atoms with Crippen molar-refractivity contribution in [3.8, 4) is 11.1 Å². The fourth-order valence-electron chi connectivity index (χ4n) is 4.84. The van der Waals surface area contributed by atoms with Crippen LogP contribution in [0.3, 0.4) is 0 Å². The van der Waals surface area contributed by atoms with Crippen molar-refractivity contribution < 1.29 is 4.79 Å². The quantitative estimate of drug-likeness (QED) is 0.407. The van der Waals surface area contributed by atoms with Crippen molar-refractivity contribution >= 4 is 11.6 Å². The minimum Gasteiger partial charge on any atom is -0.310 e. The monoisotopic (exact) mass is 464 g/mol. The van der Waals surface area contributed by atoms with Crippen molar-refractivity contribution in [2.45, 2.75) is 32.2 Å². The van der Waals surface area contributed by atoms with E-state index in [1.807, 2.05) is 59.4 Å². The molecule has 0 radical (unpaired) electrons. The molecule has 0 spiro atoms. The predicted octanol–water partition coefficient (Wildman–Crippen LogP) is 5.25. The molecule has 5 rings (SSSR count). The van der Waals surface area contributed by atoms with E-state index in [4.69, 9.17) is 0 Å². The zero-order chi connectivity index (χ0) is 24.2. The number of fused-ring (bicyclic) bond motifs is 1. The highest BCUT2D eigenvalue weighted by molar-refractivity contribution is 5.99. The smallest absolute Gasteiger partial charge is 0.248 e. The Labute approximate surface area is 207 Å². The molecule has 0 unspecified atom stereocenters. The van der Waals surface area contributed by atoms with Gasteiger partial charge >= 0.3 is 0 Å². The van der Waals surface area contributed by atoms with Crippen molar-refractivity contribution in [3.63, 3.8) is 0 Å². The SMILES string of the molecule is Cc1ccc(CCN[C@@H](C(=O)N2CCCc3cc(-c4cnn(C)c4)ccc32)c2ccccc2)cc1. The first-order valence-corrected chi connectivity index (χ1v) is 12.4. The standard InChI is InChI=1S/C30H32N4O/c1-22-10-12-23(13-11-22)16-17-31-29(24-7-4-3-5-8-24)30(35)34-18-6-9-26-19-25(14-15-28(26)34)27-20-32-33(2)21-27/h3-5,7-8,10-15,19-21,29,31H,6,9,16-18H2,1-2H3/t29-/m1/s1. The number of benzene rings is 3. The second kappa shape index (κ2) is 10.3. The minimum atomic E-state index is -0.384. The Morgan fingerprint density at radius 1 is 1.03 bits per heavy atom. The van der Waals surface area contributed by atoms with Crippen LogP contribution in [-0.2, 0) is 24.7 Å². The fourth-order valence-corrected chi connectivity index (χ4v) is 4.84.